The monoisotopic (exact) mass is 524 g/mol. The number of pyridine rings is 1. The van der Waals surface area contributed by atoms with Gasteiger partial charge >= 0.3 is 6.09 Å². The van der Waals surface area contributed by atoms with Gasteiger partial charge in [0.15, 0.2) is 0 Å². The van der Waals surface area contributed by atoms with Crippen molar-refractivity contribution >= 4 is 17.9 Å². The Morgan fingerprint density at radius 2 is 1.61 bits per heavy atom. The molecular formula is C29H40N4O5. The van der Waals surface area contributed by atoms with E-state index < -0.39 is 35.1 Å². The maximum absolute atomic E-state index is 13.5. The Morgan fingerprint density at radius 1 is 1.00 bits per heavy atom. The van der Waals surface area contributed by atoms with Crippen molar-refractivity contribution in [1.82, 2.24) is 15.2 Å². The molecule has 3 rings (SSSR count). The van der Waals surface area contributed by atoms with E-state index in [1.165, 1.54) is 0 Å². The van der Waals surface area contributed by atoms with E-state index >= 15 is 0 Å². The fourth-order valence-electron chi connectivity index (χ4n) is 4.73. The van der Waals surface area contributed by atoms with Gasteiger partial charge in [-0.2, -0.15) is 0 Å². The lowest BCUT2D eigenvalue weighted by Crippen LogP contribution is -2.63. The van der Waals surface area contributed by atoms with E-state index in [1.54, 1.807) is 37.5 Å². The smallest absolute Gasteiger partial charge is 0.408 e. The highest BCUT2D eigenvalue weighted by atomic mass is 16.6. The number of aromatic nitrogens is 1. The number of rotatable bonds is 8. The third-order valence-corrected chi connectivity index (χ3v) is 6.75. The van der Waals surface area contributed by atoms with Crippen LogP contribution in [0.2, 0.25) is 0 Å². The zero-order valence-corrected chi connectivity index (χ0v) is 23.0. The van der Waals surface area contributed by atoms with Crippen molar-refractivity contribution in [3.05, 3.63) is 58.5 Å². The number of nitrogens with zero attached hydrogens (tertiary/aromatic N) is 1. The van der Waals surface area contributed by atoms with Gasteiger partial charge in [0.05, 0.1) is 0 Å². The standard InChI is InChI=1S/C29H40N4O5/c1-19(2)33-18-22(13-14-24(33)34)21-11-9-20(10-12-21)17-23(25(30)35)31-26(36)29(15-7-6-8-16-29)32-27(37)38-28(3,4)5/h9-14,18-19,23H,6-8,15-17H2,1-5H3,(H2,30,35)(H,31,36)(H,32,37). The lowest BCUT2D eigenvalue weighted by atomic mass is 9.80. The molecule has 9 nitrogen and oxygen atoms in total. The van der Waals surface area contributed by atoms with Crippen LogP contribution in [-0.2, 0) is 20.7 Å². The van der Waals surface area contributed by atoms with E-state index in [2.05, 4.69) is 10.6 Å². The van der Waals surface area contributed by atoms with Crippen LogP contribution in [0.4, 0.5) is 4.79 Å². The van der Waals surface area contributed by atoms with E-state index in [1.807, 2.05) is 44.3 Å². The number of carbonyl (C=O) groups excluding carboxylic acids is 3. The molecule has 0 spiro atoms. The summed E-state index contributed by atoms with van der Waals surface area (Å²) in [5, 5.41) is 5.58. The van der Waals surface area contributed by atoms with Crippen molar-refractivity contribution in [2.75, 3.05) is 0 Å². The summed E-state index contributed by atoms with van der Waals surface area (Å²) in [7, 11) is 0. The van der Waals surface area contributed by atoms with Gasteiger partial charge in [-0.1, -0.05) is 43.5 Å². The topological polar surface area (TPSA) is 133 Å². The van der Waals surface area contributed by atoms with Crippen LogP contribution in [0.15, 0.2) is 47.4 Å². The molecule has 1 aromatic heterocycles. The van der Waals surface area contributed by atoms with Crippen LogP contribution in [0, 0.1) is 0 Å². The van der Waals surface area contributed by atoms with Crippen molar-refractivity contribution in [1.29, 1.82) is 0 Å². The fourth-order valence-corrected chi connectivity index (χ4v) is 4.73. The molecule has 0 bridgehead atoms. The summed E-state index contributed by atoms with van der Waals surface area (Å²) in [5.41, 5.74) is 6.39. The lowest BCUT2D eigenvalue weighted by Gasteiger charge is -2.37. The van der Waals surface area contributed by atoms with E-state index in [0.29, 0.717) is 12.8 Å². The highest BCUT2D eigenvalue weighted by Crippen LogP contribution is 2.29. The van der Waals surface area contributed by atoms with Gasteiger partial charge < -0.3 is 25.7 Å². The Kier molecular flexibility index (Phi) is 9.01. The maximum atomic E-state index is 13.5. The molecule has 38 heavy (non-hydrogen) atoms. The zero-order chi connectivity index (χ0) is 28.1. The first-order valence-electron chi connectivity index (χ1n) is 13.2. The molecule has 1 fully saturated rings. The van der Waals surface area contributed by atoms with Crippen LogP contribution in [-0.4, -0.2) is 39.7 Å². The van der Waals surface area contributed by atoms with Crippen molar-refractivity contribution < 1.29 is 19.1 Å². The summed E-state index contributed by atoms with van der Waals surface area (Å²) in [5.74, 6) is -1.09. The number of nitrogens with one attached hydrogen (secondary N) is 2. The molecule has 1 atom stereocenters. The van der Waals surface area contributed by atoms with Gasteiger partial charge in [-0.15, -0.1) is 0 Å². The second-order valence-electron chi connectivity index (χ2n) is 11.4. The predicted molar refractivity (Wildman–Crippen MR) is 147 cm³/mol. The fraction of sp³-hybridized carbons (Fsp3) is 0.517. The van der Waals surface area contributed by atoms with E-state index in [0.717, 1.165) is 36.0 Å². The Labute approximate surface area is 224 Å². The van der Waals surface area contributed by atoms with Crippen LogP contribution in [0.3, 0.4) is 0 Å². The molecule has 0 aliphatic heterocycles. The normalized spacial score (nSPS) is 15.9. The minimum atomic E-state index is -1.16. The SMILES string of the molecule is CC(C)n1cc(-c2ccc(CC(NC(=O)C3(NC(=O)OC(C)(C)C)CCCCC3)C(N)=O)cc2)ccc1=O. The second-order valence-corrected chi connectivity index (χ2v) is 11.4. The first-order valence-corrected chi connectivity index (χ1v) is 13.2. The molecule has 1 aliphatic carbocycles. The molecule has 1 heterocycles. The molecule has 0 radical (unpaired) electrons. The lowest BCUT2D eigenvalue weighted by molar-refractivity contribution is -0.133. The van der Waals surface area contributed by atoms with Gasteiger partial charge in [-0.25, -0.2) is 4.79 Å². The number of ether oxygens (including phenoxy) is 1. The van der Waals surface area contributed by atoms with Gasteiger partial charge in [0.25, 0.3) is 5.56 Å². The molecule has 0 saturated heterocycles. The van der Waals surface area contributed by atoms with Crippen molar-refractivity contribution in [3.63, 3.8) is 0 Å². The second kappa shape index (κ2) is 11.8. The minimum Gasteiger partial charge on any atom is -0.444 e. The van der Waals surface area contributed by atoms with Crippen LogP contribution in [0.25, 0.3) is 11.1 Å². The zero-order valence-electron chi connectivity index (χ0n) is 23.0. The Hall–Kier alpha value is -3.62. The number of nitrogens with two attached hydrogens (primary N) is 1. The van der Waals surface area contributed by atoms with Crippen LogP contribution in [0.1, 0.15) is 78.3 Å². The summed E-state index contributed by atoms with van der Waals surface area (Å²) in [6.45, 7) is 9.18. The number of amides is 3. The van der Waals surface area contributed by atoms with Crippen LogP contribution >= 0.6 is 0 Å². The van der Waals surface area contributed by atoms with Crippen LogP contribution < -0.4 is 21.9 Å². The molecule has 206 valence electrons. The minimum absolute atomic E-state index is 0.0407. The third-order valence-electron chi connectivity index (χ3n) is 6.75. The molecule has 4 N–H and O–H groups in total. The largest absolute Gasteiger partial charge is 0.444 e. The highest BCUT2D eigenvalue weighted by molar-refractivity contribution is 5.94. The van der Waals surface area contributed by atoms with Crippen molar-refractivity contribution in [2.45, 2.75) is 96.4 Å². The van der Waals surface area contributed by atoms with Gasteiger partial charge in [-0.05, 0) is 70.2 Å². The number of carbonyl (C=O) groups is 3. The molecule has 1 unspecified atom stereocenters. The summed E-state index contributed by atoms with van der Waals surface area (Å²) < 4.78 is 7.07. The number of primary amides is 1. The van der Waals surface area contributed by atoms with Crippen molar-refractivity contribution in [3.8, 4) is 11.1 Å². The number of alkyl carbamates (subject to hydrolysis) is 1. The van der Waals surface area contributed by atoms with Gasteiger partial charge in [0.2, 0.25) is 11.8 Å². The molecule has 2 aromatic rings. The predicted octanol–water partition coefficient (Wildman–Crippen LogP) is 3.84. The highest BCUT2D eigenvalue weighted by Gasteiger charge is 2.43. The molecule has 1 aromatic carbocycles. The summed E-state index contributed by atoms with van der Waals surface area (Å²) in [4.78, 5) is 50.4. The summed E-state index contributed by atoms with van der Waals surface area (Å²) >= 11 is 0. The quantitative estimate of drug-likeness (QED) is 0.483. The van der Waals surface area contributed by atoms with Gasteiger partial charge in [0.1, 0.15) is 17.2 Å². The molecule has 1 aliphatic rings. The van der Waals surface area contributed by atoms with Gasteiger partial charge in [-0.3, -0.25) is 14.4 Å². The number of hydrogen-bond donors (Lipinski definition) is 3. The van der Waals surface area contributed by atoms with Crippen LogP contribution in [0.5, 0.6) is 0 Å². The first kappa shape index (κ1) is 28.9. The average molecular weight is 525 g/mol. The Morgan fingerprint density at radius 3 is 2.16 bits per heavy atom. The third kappa shape index (κ3) is 7.46. The van der Waals surface area contributed by atoms with E-state index in [4.69, 9.17) is 10.5 Å². The maximum Gasteiger partial charge on any atom is 0.408 e. The Balaban J connectivity index is 1.75. The molecule has 9 heteroatoms. The summed E-state index contributed by atoms with van der Waals surface area (Å²) in [6.07, 6.45) is 4.79. The van der Waals surface area contributed by atoms with Crippen molar-refractivity contribution in [2.24, 2.45) is 5.73 Å². The van der Waals surface area contributed by atoms with E-state index in [9.17, 15) is 19.2 Å². The average Bonchev–Trinajstić information content (AvgIpc) is 2.83. The van der Waals surface area contributed by atoms with E-state index in [-0.39, 0.29) is 18.0 Å². The molecule has 1 saturated carbocycles. The molecule has 3 amide bonds. The Bertz CT molecular complexity index is 1200. The molecular weight excluding hydrogens is 484 g/mol. The number of benzene rings is 1. The van der Waals surface area contributed by atoms with Gasteiger partial charge in [0, 0.05) is 24.7 Å². The number of hydrogen-bond acceptors (Lipinski definition) is 5. The summed E-state index contributed by atoms with van der Waals surface area (Å²) in [6, 6.07) is 9.99. The first-order chi connectivity index (χ1) is 17.8.